The number of carbonyl (C=O) groups excluding carboxylic acids is 2. The normalized spacial score (nSPS) is 22.6. The number of hydrogen-bond donors (Lipinski definition) is 2. The lowest BCUT2D eigenvalue weighted by Crippen LogP contribution is -2.47. The Kier molecular flexibility index (Phi) is 6.24. The molecule has 0 aromatic rings. The van der Waals surface area contributed by atoms with Crippen molar-refractivity contribution in [3.05, 3.63) is 0 Å². The number of likely N-dealkylation sites (N-methyl/N-ethyl adjacent to an activating group) is 2. The molecule has 2 unspecified atom stereocenters. The van der Waals surface area contributed by atoms with Gasteiger partial charge in [-0.2, -0.15) is 0 Å². The van der Waals surface area contributed by atoms with E-state index in [1.54, 1.807) is 7.05 Å². The van der Waals surface area contributed by atoms with Crippen molar-refractivity contribution in [2.45, 2.75) is 32.9 Å². The average molecular weight is 271 g/mol. The zero-order valence-electron chi connectivity index (χ0n) is 12.2. The van der Waals surface area contributed by atoms with Crippen LogP contribution < -0.4 is 10.6 Å². The van der Waals surface area contributed by atoms with E-state index in [9.17, 15) is 9.59 Å². The predicted octanol–water partition coefficient (Wildman–Crippen LogP) is -0.406. The second-order valence-electron chi connectivity index (χ2n) is 5.22. The molecule has 6 heteroatoms. The van der Waals surface area contributed by atoms with E-state index in [4.69, 9.17) is 4.74 Å². The third-order valence-corrected chi connectivity index (χ3v) is 3.07. The molecule has 2 atom stereocenters. The van der Waals surface area contributed by atoms with Gasteiger partial charge in [0.1, 0.15) is 0 Å². The second-order valence-corrected chi connectivity index (χ2v) is 5.22. The van der Waals surface area contributed by atoms with Crippen molar-refractivity contribution >= 4 is 11.8 Å². The van der Waals surface area contributed by atoms with Crippen molar-refractivity contribution in [2.75, 3.05) is 33.4 Å². The molecule has 1 aliphatic rings. The number of ether oxygens (including phenoxy) is 1. The van der Waals surface area contributed by atoms with E-state index in [-0.39, 0.29) is 36.4 Å². The van der Waals surface area contributed by atoms with Crippen LogP contribution in [0.4, 0.5) is 0 Å². The molecule has 0 bridgehead atoms. The molecule has 1 heterocycles. The first kappa shape index (κ1) is 15.9. The molecule has 1 aliphatic heterocycles. The van der Waals surface area contributed by atoms with Gasteiger partial charge in [0, 0.05) is 19.1 Å². The predicted molar refractivity (Wildman–Crippen MR) is 72.7 cm³/mol. The fourth-order valence-electron chi connectivity index (χ4n) is 2.21. The minimum Gasteiger partial charge on any atom is -0.379 e. The summed E-state index contributed by atoms with van der Waals surface area (Å²) in [6.45, 7) is 7.65. The lowest BCUT2D eigenvalue weighted by atomic mass is 10.0. The van der Waals surface area contributed by atoms with Crippen LogP contribution in [-0.4, -0.2) is 62.1 Å². The van der Waals surface area contributed by atoms with Gasteiger partial charge in [0.2, 0.25) is 11.8 Å². The van der Waals surface area contributed by atoms with Gasteiger partial charge in [-0.3, -0.25) is 9.59 Å². The molecule has 0 saturated carbocycles. The Morgan fingerprint density at radius 1 is 1.37 bits per heavy atom. The van der Waals surface area contributed by atoms with Gasteiger partial charge >= 0.3 is 0 Å². The van der Waals surface area contributed by atoms with Gasteiger partial charge in [-0.1, -0.05) is 6.92 Å². The van der Waals surface area contributed by atoms with Gasteiger partial charge in [0.25, 0.3) is 0 Å². The van der Waals surface area contributed by atoms with E-state index < -0.39 is 0 Å². The number of carbonyl (C=O) groups is 2. The van der Waals surface area contributed by atoms with Gasteiger partial charge in [-0.15, -0.1) is 0 Å². The molecule has 2 amide bonds. The Bertz CT molecular complexity index is 320. The van der Waals surface area contributed by atoms with Crippen molar-refractivity contribution in [1.82, 2.24) is 15.5 Å². The zero-order valence-corrected chi connectivity index (χ0v) is 12.2. The summed E-state index contributed by atoms with van der Waals surface area (Å²) in [5.41, 5.74) is 0. The van der Waals surface area contributed by atoms with Crippen molar-refractivity contribution in [2.24, 2.45) is 5.92 Å². The number of nitrogens with one attached hydrogen (secondary N) is 2. The Balaban J connectivity index is 2.49. The SMILES string of the molecule is CCNC1COCC1C(=O)N(C)CC(=O)NC(C)C. The largest absolute Gasteiger partial charge is 0.379 e. The maximum absolute atomic E-state index is 12.3. The van der Waals surface area contributed by atoms with Crippen LogP contribution in [0.3, 0.4) is 0 Å². The lowest BCUT2D eigenvalue weighted by molar-refractivity contribution is -0.138. The first-order valence-electron chi connectivity index (χ1n) is 6.81. The molecule has 6 nitrogen and oxygen atoms in total. The Morgan fingerprint density at radius 2 is 2.05 bits per heavy atom. The van der Waals surface area contributed by atoms with Crippen LogP contribution in [0.1, 0.15) is 20.8 Å². The molecule has 0 aromatic carbocycles. The zero-order chi connectivity index (χ0) is 14.4. The van der Waals surface area contributed by atoms with Crippen molar-refractivity contribution in [3.8, 4) is 0 Å². The van der Waals surface area contributed by atoms with Crippen molar-refractivity contribution in [3.63, 3.8) is 0 Å². The standard InChI is InChI=1S/C13H25N3O3/c1-5-14-11-8-19-7-10(11)13(18)16(4)6-12(17)15-9(2)3/h9-11,14H,5-8H2,1-4H3,(H,15,17). The fraction of sp³-hybridized carbons (Fsp3) is 0.846. The van der Waals surface area contributed by atoms with E-state index >= 15 is 0 Å². The Labute approximate surface area is 114 Å². The summed E-state index contributed by atoms with van der Waals surface area (Å²) in [6, 6.07) is 0.133. The van der Waals surface area contributed by atoms with Crippen LogP contribution in [0.15, 0.2) is 0 Å². The molecule has 0 aliphatic carbocycles. The van der Waals surface area contributed by atoms with Crippen LogP contribution in [0.2, 0.25) is 0 Å². The number of hydrogen-bond acceptors (Lipinski definition) is 4. The lowest BCUT2D eigenvalue weighted by Gasteiger charge is -2.24. The van der Waals surface area contributed by atoms with Crippen LogP contribution in [0.5, 0.6) is 0 Å². The highest BCUT2D eigenvalue weighted by atomic mass is 16.5. The molecule has 0 radical (unpaired) electrons. The highest BCUT2D eigenvalue weighted by Crippen LogP contribution is 2.16. The molecule has 1 rings (SSSR count). The monoisotopic (exact) mass is 271 g/mol. The van der Waals surface area contributed by atoms with E-state index in [1.807, 2.05) is 20.8 Å². The van der Waals surface area contributed by atoms with Gasteiger partial charge in [-0.05, 0) is 20.4 Å². The molecule has 1 fully saturated rings. The maximum Gasteiger partial charge on any atom is 0.239 e. The average Bonchev–Trinajstić information content (AvgIpc) is 2.75. The highest BCUT2D eigenvalue weighted by molar-refractivity contribution is 5.86. The van der Waals surface area contributed by atoms with Gasteiger partial charge in [-0.25, -0.2) is 0 Å². The van der Waals surface area contributed by atoms with Crippen LogP contribution in [-0.2, 0) is 14.3 Å². The Morgan fingerprint density at radius 3 is 2.63 bits per heavy atom. The van der Waals surface area contributed by atoms with Gasteiger partial charge in [0.05, 0.1) is 25.7 Å². The molecular formula is C13H25N3O3. The van der Waals surface area contributed by atoms with E-state index in [2.05, 4.69) is 10.6 Å². The first-order chi connectivity index (χ1) is 8.95. The molecule has 19 heavy (non-hydrogen) atoms. The third-order valence-electron chi connectivity index (χ3n) is 3.07. The van der Waals surface area contributed by atoms with Crippen molar-refractivity contribution < 1.29 is 14.3 Å². The minimum atomic E-state index is -0.197. The van der Waals surface area contributed by atoms with Gasteiger partial charge in [0.15, 0.2) is 0 Å². The first-order valence-corrected chi connectivity index (χ1v) is 6.81. The molecule has 1 saturated heterocycles. The highest BCUT2D eigenvalue weighted by Gasteiger charge is 2.35. The maximum atomic E-state index is 12.3. The molecule has 110 valence electrons. The van der Waals surface area contributed by atoms with E-state index in [0.717, 1.165) is 6.54 Å². The summed E-state index contributed by atoms with van der Waals surface area (Å²) in [4.78, 5) is 25.4. The van der Waals surface area contributed by atoms with E-state index in [0.29, 0.717) is 13.2 Å². The summed E-state index contributed by atoms with van der Waals surface area (Å²) < 4.78 is 5.35. The summed E-state index contributed by atoms with van der Waals surface area (Å²) in [5.74, 6) is -0.371. The number of amides is 2. The quantitative estimate of drug-likeness (QED) is 0.689. The molecule has 2 N–H and O–H groups in total. The van der Waals surface area contributed by atoms with Crippen LogP contribution in [0.25, 0.3) is 0 Å². The topological polar surface area (TPSA) is 70.7 Å². The molecule has 0 aromatic heterocycles. The summed E-state index contributed by atoms with van der Waals surface area (Å²) in [5, 5.41) is 6.02. The Hall–Kier alpha value is -1.14. The minimum absolute atomic E-state index is 0.0395. The van der Waals surface area contributed by atoms with E-state index in [1.165, 1.54) is 4.90 Å². The van der Waals surface area contributed by atoms with Crippen LogP contribution in [0, 0.1) is 5.92 Å². The smallest absolute Gasteiger partial charge is 0.239 e. The third kappa shape index (κ3) is 4.80. The molecular weight excluding hydrogens is 246 g/mol. The summed E-state index contributed by atoms with van der Waals surface area (Å²) >= 11 is 0. The van der Waals surface area contributed by atoms with Crippen molar-refractivity contribution in [1.29, 1.82) is 0 Å². The number of rotatable bonds is 6. The van der Waals surface area contributed by atoms with Crippen LogP contribution >= 0.6 is 0 Å². The number of nitrogens with zero attached hydrogens (tertiary/aromatic N) is 1. The summed E-state index contributed by atoms with van der Waals surface area (Å²) in [6.07, 6.45) is 0. The van der Waals surface area contributed by atoms with Gasteiger partial charge < -0.3 is 20.3 Å². The fourth-order valence-corrected chi connectivity index (χ4v) is 2.21. The summed E-state index contributed by atoms with van der Waals surface area (Å²) in [7, 11) is 1.66. The second kappa shape index (κ2) is 7.45. The molecule has 0 spiro atoms.